The van der Waals surface area contributed by atoms with Gasteiger partial charge in [-0.05, 0) is 42.8 Å². The first kappa shape index (κ1) is 21.5. The van der Waals surface area contributed by atoms with Crippen molar-refractivity contribution in [3.05, 3.63) is 101 Å². The Morgan fingerprint density at radius 1 is 0.912 bits per heavy atom. The normalized spacial score (nSPS) is 11.5. The van der Waals surface area contributed by atoms with Gasteiger partial charge >= 0.3 is 0 Å². The van der Waals surface area contributed by atoms with Crippen molar-refractivity contribution < 1.29 is 14.3 Å². The van der Waals surface area contributed by atoms with Crippen LogP contribution in [0.25, 0.3) is 22.9 Å². The molecule has 0 fully saturated rings. The van der Waals surface area contributed by atoms with Gasteiger partial charge in [0.15, 0.2) is 11.5 Å². The number of carbonyl (C=O) groups is 1. The van der Waals surface area contributed by atoms with Gasteiger partial charge in [-0.25, -0.2) is 4.98 Å². The minimum atomic E-state index is -0.127. The summed E-state index contributed by atoms with van der Waals surface area (Å²) in [6, 6.07) is 23.9. The van der Waals surface area contributed by atoms with Crippen molar-refractivity contribution in [2.45, 2.75) is 13.5 Å². The van der Waals surface area contributed by atoms with Crippen LogP contribution in [0.2, 0.25) is 0 Å². The Kier molecular flexibility index (Phi) is 5.64. The first-order chi connectivity index (χ1) is 16.6. The van der Waals surface area contributed by atoms with Crippen LogP contribution >= 0.6 is 0 Å². The number of aryl methyl sites for hydroxylation is 1. The molecule has 0 spiro atoms. The summed E-state index contributed by atoms with van der Waals surface area (Å²) in [4.78, 5) is 18.3. The van der Waals surface area contributed by atoms with Crippen molar-refractivity contribution in [1.82, 2.24) is 14.0 Å². The average Bonchev–Trinajstić information content (AvgIpc) is 3.36. The Morgan fingerprint density at radius 2 is 1.65 bits per heavy atom. The van der Waals surface area contributed by atoms with E-state index in [4.69, 9.17) is 14.5 Å². The first-order valence-corrected chi connectivity index (χ1v) is 11.1. The maximum absolute atomic E-state index is 13.5. The van der Waals surface area contributed by atoms with Crippen LogP contribution in [0.1, 0.15) is 27.3 Å². The summed E-state index contributed by atoms with van der Waals surface area (Å²) < 4.78 is 15.0. The molecule has 0 aliphatic rings. The Hall–Kier alpha value is -4.32. The number of benzene rings is 3. The van der Waals surface area contributed by atoms with Crippen molar-refractivity contribution in [3.63, 3.8) is 0 Å². The molecule has 3 aromatic carbocycles. The lowest BCUT2D eigenvalue weighted by molar-refractivity contribution is 0.104. The molecule has 170 valence electrons. The molecule has 0 unspecified atom stereocenters. The zero-order chi connectivity index (χ0) is 23.7. The van der Waals surface area contributed by atoms with E-state index >= 15 is 0 Å². The third kappa shape index (κ3) is 3.63. The van der Waals surface area contributed by atoms with Crippen LogP contribution in [-0.2, 0) is 6.54 Å². The van der Waals surface area contributed by atoms with Crippen LogP contribution in [0.5, 0.6) is 11.5 Å². The highest BCUT2D eigenvalue weighted by molar-refractivity contribution is 6.08. The van der Waals surface area contributed by atoms with E-state index in [9.17, 15) is 4.79 Å². The number of fused-ring (bicyclic) bond motifs is 3. The van der Waals surface area contributed by atoms with E-state index in [1.807, 2.05) is 65.9 Å². The highest BCUT2D eigenvalue weighted by atomic mass is 16.5. The van der Waals surface area contributed by atoms with Crippen LogP contribution in [0.3, 0.4) is 0 Å². The SMILES string of the molecule is COc1cccc(/C=C\C(=O)c2c(C)nc3n(Cc4ccccc4)c4ccccc4n23)c1OC. The molecule has 0 bridgehead atoms. The number of imidazole rings is 2. The predicted molar refractivity (Wildman–Crippen MR) is 134 cm³/mol. The van der Waals surface area contributed by atoms with Gasteiger partial charge in [-0.3, -0.25) is 9.20 Å². The summed E-state index contributed by atoms with van der Waals surface area (Å²) in [5, 5.41) is 0. The molecule has 5 rings (SSSR count). The molecule has 2 aromatic heterocycles. The second-order valence-electron chi connectivity index (χ2n) is 8.02. The lowest BCUT2D eigenvalue weighted by Crippen LogP contribution is -2.02. The molecule has 0 N–H and O–H groups in total. The van der Waals surface area contributed by atoms with Gasteiger partial charge in [0.2, 0.25) is 11.6 Å². The van der Waals surface area contributed by atoms with E-state index in [1.165, 1.54) is 5.56 Å². The number of carbonyl (C=O) groups excluding carboxylic acids is 1. The van der Waals surface area contributed by atoms with Gasteiger partial charge in [0.25, 0.3) is 0 Å². The van der Waals surface area contributed by atoms with Crippen molar-refractivity contribution in [1.29, 1.82) is 0 Å². The van der Waals surface area contributed by atoms with Gasteiger partial charge in [0.1, 0.15) is 5.69 Å². The standard InChI is InChI=1S/C28H25N3O3/c1-19-26(24(32)17-16-21-12-9-15-25(33-2)27(21)34-3)31-23-14-8-7-13-22(23)30(28(31)29-19)18-20-10-5-4-6-11-20/h4-17H,18H2,1-3H3/b17-16-. The smallest absolute Gasteiger partial charge is 0.216 e. The summed E-state index contributed by atoms with van der Waals surface area (Å²) in [6.45, 7) is 2.54. The molecule has 0 aliphatic heterocycles. The number of rotatable bonds is 7. The van der Waals surface area contributed by atoms with Crippen LogP contribution in [0.4, 0.5) is 0 Å². The van der Waals surface area contributed by atoms with Crippen LogP contribution < -0.4 is 9.47 Å². The van der Waals surface area contributed by atoms with Crippen molar-refractivity contribution in [3.8, 4) is 11.5 Å². The molecule has 5 aromatic rings. The average molecular weight is 452 g/mol. The molecular weight excluding hydrogens is 426 g/mol. The largest absolute Gasteiger partial charge is 0.493 e. The molecule has 0 aliphatic carbocycles. The van der Waals surface area contributed by atoms with Crippen LogP contribution in [0.15, 0.2) is 78.9 Å². The van der Waals surface area contributed by atoms with Crippen LogP contribution in [0, 0.1) is 6.92 Å². The highest BCUT2D eigenvalue weighted by Crippen LogP contribution is 2.32. The van der Waals surface area contributed by atoms with E-state index in [1.54, 1.807) is 26.4 Å². The van der Waals surface area contributed by atoms with Gasteiger partial charge in [-0.1, -0.05) is 54.6 Å². The molecule has 0 radical (unpaired) electrons. The second kappa shape index (κ2) is 8.90. The third-order valence-corrected chi connectivity index (χ3v) is 5.95. The minimum absolute atomic E-state index is 0.127. The quantitative estimate of drug-likeness (QED) is 0.240. The number of allylic oxidation sites excluding steroid dienone is 1. The zero-order valence-electron chi connectivity index (χ0n) is 19.4. The number of hydrogen-bond acceptors (Lipinski definition) is 4. The number of methoxy groups -OCH3 is 2. The lowest BCUT2D eigenvalue weighted by atomic mass is 10.1. The number of para-hydroxylation sites is 3. The Bertz CT molecular complexity index is 1530. The molecule has 34 heavy (non-hydrogen) atoms. The molecule has 2 heterocycles. The summed E-state index contributed by atoms with van der Waals surface area (Å²) >= 11 is 0. The predicted octanol–water partition coefficient (Wildman–Crippen LogP) is 5.56. The van der Waals surface area contributed by atoms with Crippen molar-refractivity contribution in [2.75, 3.05) is 14.2 Å². The van der Waals surface area contributed by atoms with Crippen molar-refractivity contribution >= 4 is 28.7 Å². The van der Waals surface area contributed by atoms with Crippen molar-refractivity contribution in [2.24, 2.45) is 0 Å². The van der Waals surface area contributed by atoms with E-state index < -0.39 is 0 Å². The minimum Gasteiger partial charge on any atom is -0.493 e. The van der Waals surface area contributed by atoms with E-state index in [-0.39, 0.29) is 5.78 Å². The summed E-state index contributed by atoms with van der Waals surface area (Å²) in [5.41, 5.74) is 5.15. The molecule has 0 amide bonds. The highest BCUT2D eigenvalue weighted by Gasteiger charge is 2.21. The monoisotopic (exact) mass is 451 g/mol. The molecule has 6 heteroatoms. The number of hydrogen-bond donors (Lipinski definition) is 0. The van der Waals surface area contributed by atoms with Gasteiger partial charge in [-0.2, -0.15) is 0 Å². The summed E-state index contributed by atoms with van der Waals surface area (Å²) in [7, 11) is 3.18. The summed E-state index contributed by atoms with van der Waals surface area (Å²) in [5.74, 6) is 1.82. The molecule has 0 saturated carbocycles. The third-order valence-electron chi connectivity index (χ3n) is 5.95. The zero-order valence-corrected chi connectivity index (χ0v) is 19.4. The first-order valence-electron chi connectivity index (χ1n) is 11.1. The number of aromatic nitrogens is 3. The van der Waals surface area contributed by atoms with E-state index in [0.717, 1.165) is 22.4 Å². The van der Waals surface area contributed by atoms with Gasteiger partial charge in [0.05, 0.1) is 37.5 Å². The number of nitrogens with zero attached hydrogens (tertiary/aromatic N) is 3. The summed E-state index contributed by atoms with van der Waals surface area (Å²) in [6.07, 6.45) is 3.32. The maximum Gasteiger partial charge on any atom is 0.216 e. The Balaban J connectivity index is 1.61. The maximum atomic E-state index is 13.5. The lowest BCUT2D eigenvalue weighted by Gasteiger charge is -2.09. The van der Waals surface area contributed by atoms with Crippen LogP contribution in [-0.4, -0.2) is 34.0 Å². The fraction of sp³-hybridized carbons (Fsp3) is 0.143. The number of ketones is 1. The number of ether oxygens (including phenoxy) is 2. The Labute approximate surface area is 197 Å². The van der Waals surface area contributed by atoms with Gasteiger partial charge < -0.3 is 14.0 Å². The fourth-order valence-electron chi connectivity index (χ4n) is 4.41. The molecule has 6 nitrogen and oxygen atoms in total. The molecular formula is C28H25N3O3. The van der Waals surface area contributed by atoms with Gasteiger partial charge in [-0.15, -0.1) is 0 Å². The topological polar surface area (TPSA) is 57.8 Å². The second-order valence-corrected chi connectivity index (χ2v) is 8.02. The molecule has 0 atom stereocenters. The fourth-order valence-corrected chi connectivity index (χ4v) is 4.41. The Morgan fingerprint density at radius 3 is 2.38 bits per heavy atom. The van der Waals surface area contributed by atoms with E-state index in [0.29, 0.717) is 29.4 Å². The molecule has 0 saturated heterocycles. The van der Waals surface area contributed by atoms with E-state index in [2.05, 4.69) is 22.8 Å². The van der Waals surface area contributed by atoms with Gasteiger partial charge in [0, 0.05) is 5.56 Å².